The van der Waals surface area contributed by atoms with Crippen LogP contribution in [0.2, 0.25) is 0 Å². The molecule has 0 aliphatic carbocycles. The van der Waals surface area contributed by atoms with Gasteiger partial charge in [-0.05, 0) is 25.8 Å². The van der Waals surface area contributed by atoms with E-state index in [0.717, 1.165) is 48.7 Å². The highest BCUT2D eigenvalue weighted by Crippen LogP contribution is 2.29. The molecule has 0 aliphatic heterocycles. The van der Waals surface area contributed by atoms with Gasteiger partial charge in [-0.15, -0.1) is 29.3 Å². The van der Waals surface area contributed by atoms with E-state index in [1.54, 1.807) is 45.1 Å². The molecular formula is C17H19N3OS3. The number of aromatic nitrogens is 3. The van der Waals surface area contributed by atoms with E-state index in [2.05, 4.69) is 23.9 Å². The molecule has 0 saturated heterocycles. The van der Waals surface area contributed by atoms with E-state index in [4.69, 9.17) is 4.98 Å². The lowest BCUT2D eigenvalue weighted by molar-refractivity contribution is 0.672. The van der Waals surface area contributed by atoms with Crippen LogP contribution in [0, 0.1) is 13.8 Å². The number of thioether (sulfide) groups is 1. The van der Waals surface area contributed by atoms with Gasteiger partial charge in [-0.25, -0.2) is 9.97 Å². The molecule has 0 aliphatic rings. The molecule has 126 valence electrons. The molecule has 0 unspecified atom stereocenters. The van der Waals surface area contributed by atoms with Crippen molar-refractivity contribution in [1.29, 1.82) is 0 Å². The van der Waals surface area contributed by atoms with Crippen LogP contribution >= 0.6 is 34.4 Å². The second-order valence-electron chi connectivity index (χ2n) is 5.44. The topological polar surface area (TPSA) is 47.8 Å². The first-order chi connectivity index (χ1) is 11.5. The molecule has 4 nitrogen and oxygen atoms in total. The van der Waals surface area contributed by atoms with Gasteiger partial charge in [0.05, 0.1) is 16.1 Å². The third-order valence-corrected chi connectivity index (χ3v) is 6.97. The molecule has 0 spiro atoms. The van der Waals surface area contributed by atoms with E-state index < -0.39 is 0 Å². The van der Waals surface area contributed by atoms with Gasteiger partial charge < -0.3 is 0 Å². The van der Waals surface area contributed by atoms with Crippen molar-refractivity contribution >= 4 is 44.7 Å². The Balaban J connectivity index is 2.00. The Morgan fingerprint density at radius 3 is 2.83 bits per heavy atom. The maximum absolute atomic E-state index is 12.9. The summed E-state index contributed by atoms with van der Waals surface area (Å²) in [5.74, 6) is 0.717. The molecule has 3 heterocycles. The minimum atomic E-state index is 0.0248. The molecule has 0 bridgehead atoms. The Morgan fingerprint density at radius 2 is 2.17 bits per heavy atom. The summed E-state index contributed by atoms with van der Waals surface area (Å²) in [6.45, 7) is 10.4. The third-order valence-electron chi connectivity index (χ3n) is 3.82. The number of hydrogen-bond acceptors (Lipinski definition) is 6. The molecule has 0 radical (unpaired) electrons. The van der Waals surface area contributed by atoms with Crippen LogP contribution in [0.4, 0.5) is 0 Å². The van der Waals surface area contributed by atoms with E-state index >= 15 is 0 Å². The van der Waals surface area contributed by atoms with Crippen molar-refractivity contribution in [2.45, 2.75) is 44.6 Å². The molecule has 3 aromatic heterocycles. The SMILES string of the molecule is C=CCn1c(SCc2csc(CC)n2)nc2sc(C)c(C)c2c1=O. The zero-order valence-electron chi connectivity index (χ0n) is 14.0. The minimum absolute atomic E-state index is 0.0248. The Labute approximate surface area is 153 Å². The van der Waals surface area contributed by atoms with E-state index in [1.807, 2.05) is 13.8 Å². The van der Waals surface area contributed by atoms with Crippen LogP contribution in [-0.4, -0.2) is 14.5 Å². The summed E-state index contributed by atoms with van der Waals surface area (Å²) >= 11 is 4.83. The van der Waals surface area contributed by atoms with Gasteiger partial charge in [0.2, 0.25) is 0 Å². The molecule has 0 aromatic carbocycles. The number of fused-ring (bicyclic) bond motifs is 1. The molecular weight excluding hydrogens is 358 g/mol. The molecule has 24 heavy (non-hydrogen) atoms. The Morgan fingerprint density at radius 1 is 1.38 bits per heavy atom. The van der Waals surface area contributed by atoms with Crippen molar-refractivity contribution in [1.82, 2.24) is 14.5 Å². The predicted molar refractivity (Wildman–Crippen MR) is 105 cm³/mol. The number of rotatable bonds is 6. The summed E-state index contributed by atoms with van der Waals surface area (Å²) in [4.78, 5) is 24.2. The summed E-state index contributed by atoms with van der Waals surface area (Å²) in [7, 11) is 0. The zero-order chi connectivity index (χ0) is 17.3. The molecule has 7 heteroatoms. The van der Waals surface area contributed by atoms with Crippen LogP contribution in [0.1, 0.15) is 28.1 Å². The van der Waals surface area contributed by atoms with Crippen molar-refractivity contribution in [3.05, 3.63) is 49.5 Å². The number of aryl methyl sites for hydroxylation is 3. The molecule has 0 atom stereocenters. The van der Waals surface area contributed by atoms with Crippen LogP contribution in [0.3, 0.4) is 0 Å². The number of nitrogens with zero attached hydrogens (tertiary/aromatic N) is 3. The lowest BCUT2D eigenvalue weighted by Gasteiger charge is -2.09. The number of allylic oxidation sites excluding steroid dienone is 1. The van der Waals surface area contributed by atoms with Gasteiger partial charge in [0.15, 0.2) is 5.16 Å². The summed E-state index contributed by atoms with van der Waals surface area (Å²) in [5.41, 5.74) is 2.10. The lowest BCUT2D eigenvalue weighted by atomic mass is 10.2. The van der Waals surface area contributed by atoms with Crippen molar-refractivity contribution in [2.24, 2.45) is 0 Å². The van der Waals surface area contributed by atoms with Crippen LogP contribution < -0.4 is 5.56 Å². The first-order valence-corrected chi connectivity index (χ1v) is 10.4. The number of thiazole rings is 1. The fraction of sp³-hybridized carbons (Fsp3) is 0.353. The van der Waals surface area contributed by atoms with E-state index in [1.165, 1.54) is 0 Å². The van der Waals surface area contributed by atoms with Gasteiger partial charge in [-0.2, -0.15) is 0 Å². The number of thiophene rings is 1. The normalized spacial score (nSPS) is 11.3. The lowest BCUT2D eigenvalue weighted by Crippen LogP contribution is -2.22. The average molecular weight is 378 g/mol. The molecule has 0 saturated carbocycles. The zero-order valence-corrected chi connectivity index (χ0v) is 16.4. The van der Waals surface area contributed by atoms with Crippen molar-refractivity contribution < 1.29 is 0 Å². The van der Waals surface area contributed by atoms with Crippen LogP contribution in [0.5, 0.6) is 0 Å². The van der Waals surface area contributed by atoms with Crippen LogP contribution in [0.15, 0.2) is 28.0 Å². The van der Waals surface area contributed by atoms with Crippen molar-refractivity contribution in [3.63, 3.8) is 0 Å². The smallest absolute Gasteiger partial charge is 0.263 e. The van der Waals surface area contributed by atoms with Gasteiger partial charge >= 0.3 is 0 Å². The average Bonchev–Trinajstić information content (AvgIpc) is 3.13. The van der Waals surface area contributed by atoms with E-state index in [0.29, 0.717) is 6.54 Å². The predicted octanol–water partition coefficient (Wildman–Crippen LogP) is 4.57. The quantitative estimate of drug-likeness (QED) is 0.359. The summed E-state index contributed by atoms with van der Waals surface area (Å²) in [5, 5.41) is 4.70. The standard InChI is InChI=1S/C17H19N3OS3/c1-5-7-20-16(21)14-10(3)11(4)24-15(14)19-17(20)23-9-12-8-22-13(6-2)18-12/h5,8H,1,6-7,9H2,2-4H3. The van der Waals surface area contributed by atoms with Crippen molar-refractivity contribution in [2.75, 3.05) is 0 Å². The first kappa shape index (κ1) is 17.4. The largest absolute Gasteiger partial charge is 0.283 e. The molecule has 0 N–H and O–H groups in total. The maximum atomic E-state index is 12.9. The fourth-order valence-corrected chi connectivity index (χ4v) is 5.25. The first-order valence-electron chi connectivity index (χ1n) is 7.72. The maximum Gasteiger partial charge on any atom is 0.263 e. The molecule has 0 amide bonds. The monoisotopic (exact) mass is 377 g/mol. The highest BCUT2D eigenvalue weighted by Gasteiger charge is 2.16. The summed E-state index contributed by atoms with van der Waals surface area (Å²) < 4.78 is 1.71. The van der Waals surface area contributed by atoms with Crippen molar-refractivity contribution in [3.8, 4) is 0 Å². The number of hydrogen-bond donors (Lipinski definition) is 0. The Bertz CT molecular complexity index is 952. The van der Waals surface area contributed by atoms with Crippen LogP contribution in [-0.2, 0) is 18.7 Å². The highest BCUT2D eigenvalue weighted by atomic mass is 32.2. The highest BCUT2D eigenvalue weighted by molar-refractivity contribution is 7.98. The minimum Gasteiger partial charge on any atom is -0.283 e. The third kappa shape index (κ3) is 3.20. The second kappa shape index (κ2) is 7.21. The van der Waals surface area contributed by atoms with E-state index in [-0.39, 0.29) is 5.56 Å². The fourth-order valence-electron chi connectivity index (χ4n) is 2.43. The van der Waals surface area contributed by atoms with Gasteiger partial charge in [0, 0.05) is 22.6 Å². The van der Waals surface area contributed by atoms with Gasteiger partial charge in [-0.3, -0.25) is 9.36 Å². The van der Waals surface area contributed by atoms with Gasteiger partial charge in [-0.1, -0.05) is 24.8 Å². The van der Waals surface area contributed by atoms with E-state index in [9.17, 15) is 4.79 Å². The van der Waals surface area contributed by atoms with Crippen LogP contribution in [0.25, 0.3) is 10.2 Å². The Hall–Kier alpha value is -1.44. The Kier molecular flexibility index (Phi) is 5.22. The molecule has 0 fully saturated rings. The summed E-state index contributed by atoms with van der Waals surface area (Å²) in [6, 6.07) is 0. The van der Waals surface area contributed by atoms with Gasteiger partial charge in [0.25, 0.3) is 5.56 Å². The summed E-state index contributed by atoms with van der Waals surface area (Å²) in [6.07, 6.45) is 2.69. The molecule has 3 aromatic rings. The second-order valence-corrected chi connectivity index (χ2v) is 8.53. The molecule has 3 rings (SSSR count). The van der Waals surface area contributed by atoms with Gasteiger partial charge in [0.1, 0.15) is 4.83 Å².